The van der Waals surface area contributed by atoms with E-state index in [0.717, 1.165) is 11.3 Å². The van der Waals surface area contributed by atoms with E-state index in [-0.39, 0.29) is 46.2 Å². The average molecular weight is 705 g/mol. The number of carbonyl (C=O) groups is 1. The molecular formula is C41H60O6Si2. The van der Waals surface area contributed by atoms with E-state index in [9.17, 15) is 4.79 Å². The van der Waals surface area contributed by atoms with Crippen molar-refractivity contribution >= 4 is 33.0 Å². The van der Waals surface area contributed by atoms with Crippen LogP contribution in [0.2, 0.25) is 23.2 Å². The van der Waals surface area contributed by atoms with Gasteiger partial charge in [-0.3, -0.25) is 4.79 Å². The molecule has 6 nitrogen and oxygen atoms in total. The van der Waals surface area contributed by atoms with Crippen molar-refractivity contribution < 1.29 is 27.9 Å². The Kier molecular flexibility index (Phi) is 12.5. The van der Waals surface area contributed by atoms with Crippen molar-refractivity contribution in [3.8, 4) is 5.75 Å². The minimum atomic E-state index is -2.86. The molecule has 1 saturated heterocycles. The molecule has 1 aliphatic heterocycles. The Bertz CT molecular complexity index is 1440. The molecule has 0 bridgehead atoms. The van der Waals surface area contributed by atoms with Crippen LogP contribution in [0.25, 0.3) is 0 Å². The zero-order chi connectivity index (χ0) is 36.1. The summed E-state index contributed by atoms with van der Waals surface area (Å²) < 4.78 is 32.4. The van der Waals surface area contributed by atoms with Gasteiger partial charge in [-0.1, -0.05) is 128 Å². The number of cyclic esters (lactones) is 1. The third kappa shape index (κ3) is 9.53. The van der Waals surface area contributed by atoms with Crippen molar-refractivity contribution in [1.29, 1.82) is 0 Å². The van der Waals surface area contributed by atoms with Crippen LogP contribution in [-0.4, -0.2) is 54.6 Å². The number of hydrogen-bond acceptors (Lipinski definition) is 6. The highest BCUT2D eigenvalue weighted by Crippen LogP contribution is 2.41. The van der Waals surface area contributed by atoms with Crippen LogP contribution in [-0.2, 0) is 29.7 Å². The molecule has 0 spiro atoms. The summed E-state index contributed by atoms with van der Waals surface area (Å²) in [7, 11) is -3.20. The summed E-state index contributed by atoms with van der Waals surface area (Å²) in [4.78, 5) is 13.4. The normalized spacial score (nSPS) is 18.6. The lowest BCUT2D eigenvalue weighted by Gasteiger charge is -2.46. The van der Waals surface area contributed by atoms with Gasteiger partial charge in [0.25, 0.3) is 8.32 Å². The van der Waals surface area contributed by atoms with Gasteiger partial charge in [-0.25, -0.2) is 0 Å². The Balaban J connectivity index is 1.62. The molecule has 3 aromatic carbocycles. The summed E-state index contributed by atoms with van der Waals surface area (Å²) in [5.41, 5.74) is 0.709. The predicted octanol–water partition coefficient (Wildman–Crippen LogP) is 8.67. The number of hydrogen-bond donors (Lipinski definition) is 0. The molecule has 0 N–H and O–H groups in total. The van der Waals surface area contributed by atoms with Gasteiger partial charge in [0.2, 0.25) is 0 Å². The Morgan fingerprint density at radius 2 is 1.35 bits per heavy atom. The van der Waals surface area contributed by atoms with Crippen LogP contribution in [0.3, 0.4) is 0 Å². The number of ether oxygens (including phenoxy) is 3. The molecule has 49 heavy (non-hydrogen) atoms. The zero-order valence-electron chi connectivity index (χ0n) is 31.8. The van der Waals surface area contributed by atoms with Crippen molar-refractivity contribution in [3.05, 3.63) is 90.5 Å². The van der Waals surface area contributed by atoms with Gasteiger partial charge in [-0.15, -0.1) is 0 Å². The summed E-state index contributed by atoms with van der Waals surface area (Å²) in [6.45, 7) is 23.6. The van der Waals surface area contributed by atoms with Gasteiger partial charge in [0.1, 0.15) is 11.9 Å². The van der Waals surface area contributed by atoms with Crippen molar-refractivity contribution in [2.75, 3.05) is 13.7 Å². The molecular weight excluding hydrogens is 645 g/mol. The van der Waals surface area contributed by atoms with Gasteiger partial charge in [-0.05, 0) is 51.2 Å². The first-order chi connectivity index (χ1) is 22.9. The first-order valence-corrected chi connectivity index (χ1v) is 22.6. The van der Waals surface area contributed by atoms with Crippen molar-refractivity contribution in [2.45, 2.75) is 123 Å². The Hall–Kier alpha value is -2.76. The molecule has 0 unspecified atom stereocenters. The van der Waals surface area contributed by atoms with Crippen LogP contribution in [0, 0.1) is 5.41 Å². The average Bonchev–Trinajstić information content (AvgIpc) is 3.04. The third-order valence-electron chi connectivity index (χ3n) is 10.5. The molecule has 0 aromatic heterocycles. The summed E-state index contributed by atoms with van der Waals surface area (Å²) in [5, 5.41) is 2.30. The van der Waals surface area contributed by atoms with E-state index in [1.165, 1.54) is 10.4 Å². The number of rotatable bonds is 14. The number of benzene rings is 3. The fourth-order valence-corrected chi connectivity index (χ4v) is 12.3. The van der Waals surface area contributed by atoms with Crippen molar-refractivity contribution in [3.63, 3.8) is 0 Å². The minimum Gasteiger partial charge on any atom is -0.497 e. The molecule has 8 heteroatoms. The molecule has 3 aromatic rings. The lowest BCUT2D eigenvalue weighted by Crippen LogP contribution is -2.68. The maximum absolute atomic E-state index is 13.4. The fourth-order valence-electron chi connectivity index (χ4n) is 6.47. The van der Waals surface area contributed by atoms with Crippen LogP contribution < -0.4 is 15.1 Å². The highest BCUT2D eigenvalue weighted by atomic mass is 28.4. The van der Waals surface area contributed by atoms with Gasteiger partial charge < -0.3 is 23.1 Å². The summed E-state index contributed by atoms with van der Waals surface area (Å²) in [6.07, 6.45) is 0.525. The second-order valence-electron chi connectivity index (χ2n) is 16.9. The van der Waals surface area contributed by atoms with E-state index in [1.54, 1.807) is 7.11 Å². The highest BCUT2D eigenvalue weighted by molar-refractivity contribution is 6.99. The Morgan fingerprint density at radius 3 is 1.84 bits per heavy atom. The van der Waals surface area contributed by atoms with Gasteiger partial charge in [-0.2, -0.15) is 0 Å². The monoisotopic (exact) mass is 704 g/mol. The lowest BCUT2D eigenvalue weighted by atomic mass is 9.83. The largest absolute Gasteiger partial charge is 0.497 e. The summed E-state index contributed by atoms with van der Waals surface area (Å²) >= 11 is 0. The van der Waals surface area contributed by atoms with Crippen LogP contribution in [0.1, 0.15) is 80.2 Å². The molecule has 1 fully saturated rings. The first-order valence-electron chi connectivity index (χ1n) is 17.7. The SMILES string of the molecule is COc1ccc(CO[C@@H](C[C@H]2C[C@@H](O[Si](c3ccccc3)(c3ccccc3)C(C)(C)C)CC(=O)O2)C(C)(C)CO[Si](C)(C)C(C)(C)C)cc1. The molecule has 0 saturated carbocycles. The molecule has 0 amide bonds. The van der Waals surface area contributed by atoms with Crippen LogP contribution in [0.5, 0.6) is 5.75 Å². The maximum Gasteiger partial charge on any atom is 0.308 e. The van der Waals surface area contributed by atoms with Gasteiger partial charge in [0.05, 0.1) is 32.3 Å². The van der Waals surface area contributed by atoms with Gasteiger partial charge >= 0.3 is 5.97 Å². The van der Waals surface area contributed by atoms with E-state index >= 15 is 0 Å². The molecule has 0 aliphatic carbocycles. The molecule has 4 rings (SSSR count). The smallest absolute Gasteiger partial charge is 0.308 e. The number of carbonyl (C=O) groups excluding carboxylic acids is 1. The first kappa shape index (κ1) is 39.0. The zero-order valence-corrected chi connectivity index (χ0v) is 33.8. The Labute approximate surface area is 298 Å². The second kappa shape index (κ2) is 15.6. The van der Waals surface area contributed by atoms with Crippen LogP contribution in [0.4, 0.5) is 0 Å². The topological polar surface area (TPSA) is 63.2 Å². The minimum absolute atomic E-state index is 0.0902. The van der Waals surface area contributed by atoms with Crippen LogP contribution >= 0.6 is 0 Å². The lowest BCUT2D eigenvalue weighted by molar-refractivity contribution is -0.164. The van der Waals surface area contributed by atoms with Crippen molar-refractivity contribution in [2.24, 2.45) is 5.41 Å². The predicted molar refractivity (Wildman–Crippen MR) is 205 cm³/mol. The fraction of sp³-hybridized carbons (Fsp3) is 0.537. The van der Waals surface area contributed by atoms with E-state index in [2.05, 4.69) is 117 Å². The maximum atomic E-state index is 13.4. The van der Waals surface area contributed by atoms with Crippen molar-refractivity contribution in [1.82, 2.24) is 0 Å². The van der Waals surface area contributed by atoms with E-state index < -0.39 is 16.6 Å². The molecule has 268 valence electrons. The van der Waals surface area contributed by atoms with Gasteiger partial charge in [0.15, 0.2) is 8.32 Å². The molecule has 0 radical (unpaired) electrons. The standard InChI is InChI=1S/C41H60O6Si2/c1-39(2,3)48(10,11)45-30-41(7,8)37(44-29-31-22-24-32(43-9)25-23-31)27-33-26-34(28-38(42)46-33)47-49(40(4,5)6,35-18-14-12-15-19-35)36-20-16-13-17-21-36/h12-25,33-34,37H,26-30H2,1-11H3/t33-,34-,37+/m1/s1. The number of esters is 1. The summed E-state index contributed by atoms with van der Waals surface area (Å²) in [5.74, 6) is 0.591. The number of methoxy groups -OCH3 is 1. The van der Waals surface area contributed by atoms with E-state index in [0.29, 0.717) is 26.1 Å². The quantitative estimate of drug-likeness (QED) is 0.124. The molecule has 1 heterocycles. The van der Waals surface area contributed by atoms with E-state index in [1.807, 2.05) is 36.4 Å². The molecule has 1 aliphatic rings. The third-order valence-corrected chi connectivity index (χ3v) is 20.1. The molecule has 3 atom stereocenters. The van der Waals surface area contributed by atoms with Gasteiger partial charge in [0, 0.05) is 24.9 Å². The Morgan fingerprint density at radius 1 is 0.796 bits per heavy atom. The van der Waals surface area contributed by atoms with E-state index in [4.69, 9.17) is 23.1 Å². The van der Waals surface area contributed by atoms with Crippen LogP contribution in [0.15, 0.2) is 84.9 Å². The second-order valence-corrected chi connectivity index (χ2v) is 25.9. The summed E-state index contributed by atoms with van der Waals surface area (Å²) in [6, 6.07) is 29.2. The highest BCUT2D eigenvalue weighted by Gasteiger charge is 2.52.